The second-order valence-electron chi connectivity index (χ2n) is 6.58. The highest BCUT2D eigenvalue weighted by atomic mass is 79.9. The Bertz CT molecular complexity index is 830. The van der Waals surface area contributed by atoms with Crippen LogP contribution in [0.5, 0.6) is 0 Å². The van der Waals surface area contributed by atoms with Gasteiger partial charge in [-0.25, -0.2) is 12.7 Å². The minimum atomic E-state index is -3.47. The maximum absolute atomic E-state index is 12.7. The average Bonchev–Trinajstić information content (AvgIpc) is 3.11. The van der Waals surface area contributed by atoms with Crippen molar-refractivity contribution in [1.29, 1.82) is 0 Å². The summed E-state index contributed by atoms with van der Waals surface area (Å²) in [5.41, 5.74) is 7.94. The van der Waals surface area contributed by atoms with Gasteiger partial charge in [-0.1, -0.05) is 42.5 Å². The molecule has 1 fully saturated rings. The molecule has 0 spiro atoms. The lowest BCUT2D eigenvalue weighted by Gasteiger charge is -2.19. The Balaban J connectivity index is 1.50. The van der Waals surface area contributed by atoms with E-state index < -0.39 is 10.0 Å². The zero-order valence-corrected chi connectivity index (χ0v) is 17.1. The molecule has 0 radical (unpaired) electrons. The van der Waals surface area contributed by atoms with E-state index in [0.29, 0.717) is 28.0 Å². The van der Waals surface area contributed by atoms with Gasteiger partial charge in [-0.2, -0.15) is 0 Å². The molecule has 1 saturated heterocycles. The Morgan fingerprint density at radius 2 is 1.77 bits per heavy atom. The van der Waals surface area contributed by atoms with Crippen molar-refractivity contribution in [3.05, 3.63) is 64.6 Å². The Hall–Kier alpha value is -1.25. The van der Waals surface area contributed by atoms with Crippen molar-refractivity contribution < 1.29 is 8.42 Å². The Labute approximate surface area is 163 Å². The molecule has 0 aromatic heterocycles. The van der Waals surface area contributed by atoms with Gasteiger partial charge >= 0.3 is 0 Å². The smallest absolute Gasteiger partial charge is 0.243 e. The zero-order chi connectivity index (χ0) is 18.6. The van der Waals surface area contributed by atoms with Crippen molar-refractivity contribution in [1.82, 2.24) is 15.2 Å². The highest BCUT2D eigenvalue weighted by Crippen LogP contribution is 2.26. The molecular weight excluding hydrogens is 414 g/mol. The van der Waals surface area contributed by atoms with Gasteiger partial charge in [0.1, 0.15) is 0 Å². The molecule has 0 aliphatic carbocycles. The van der Waals surface area contributed by atoms with E-state index in [2.05, 4.69) is 38.9 Å². The zero-order valence-electron chi connectivity index (χ0n) is 14.7. The molecule has 1 aliphatic heterocycles. The summed E-state index contributed by atoms with van der Waals surface area (Å²) in [6, 6.07) is 17.9. The van der Waals surface area contributed by atoms with E-state index in [4.69, 9.17) is 0 Å². The highest BCUT2D eigenvalue weighted by Gasteiger charge is 2.26. The second-order valence-corrected chi connectivity index (χ2v) is 9.45. The number of sulfonamides is 1. The van der Waals surface area contributed by atoms with Crippen molar-refractivity contribution >= 4 is 26.0 Å². The van der Waals surface area contributed by atoms with E-state index in [0.717, 1.165) is 19.3 Å². The van der Waals surface area contributed by atoms with Gasteiger partial charge < -0.3 is 0 Å². The second kappa shape index (κ2) is 8.63. The van der Waals surface area contributed by atoms with Gasteiger partial charge in [0.15, 0.2) is 0 Å². The first kappa shape index (κ1) is 19.5. The van der Waals surface area contributed by atoms with Gasteiger partial charge in [0.2, 0.25) is 10.0 Å². The summed E-state index contributed by atoms with van der Waals surface area (Å²) in [5.74, 6) is 0. The van der Waals surface area contributed by atoms with Crippen molar-refractivity contribution in [2.75, 3.05) is 13.6 Å². The molecule has 1 heterocycles. The number of benzene rings is 2. The van der Waals surface area contributed by atoms with Crippen molar-refractivity contribution in [3.8, 4) is 0 Å². The number of hydrazine groups is 1. The monoisotopic (exact) mass is 437 g/mol. The summed E-state index contributed by atoms with van der Waals surface area (Å²) in [6.45, 7) is 0.498. The van der Waals surface area contributed by atoms with Crippen molar-refractivity contribution in [3.63, 3.8) is 0 Å². The number of nitrogens with zero attached hydrogens (tertiary/aromatic N) is 1. The van der Waals surface area contributed by atoms with Gasteiger partial charge in [-0.05, 0) is 52.9 Å². The fourth-order valence-corrected chi connectivity index (χ4v) is 5.39. The van der Waals surface area contributed by atoms with Crippen LogP contribution in [0.1, 0.15) is 30.9 Å². The minimum Gasteiger partial charge on any atom is -0.254 e. The lowest BCUT2D eigenvalue weighted by atomic mass is 10.00. The molecule has 2 N–H and O–H groups in total. The van der Waals surface area contributed by atoms with Crippen LogP contribution in [0.25, 0.3) is 0 Å². The third-order valence-electron chi connectivity index (χ3n) is 4.73. The van der Waals surface area contributed by atoms with E-state index in [1.165, 1.54) is 9.87 Å². The SMILES string of the molecule is CN(CCCC1CC(c2ccccc2)NN1)S(=O)(=O)c1ccccc1Br. The number of nitrogens with one attached hydrogen (secondary N) is 2. The predicted molar refractivity (Wildman–Crippen MR) is 107 cm³/mol. The largest absolute Gasteiger partial charge is 0.254 e. The predicted octanol–water partition coefficient (Wildman–Crippen LogP) is 3.46. The molecule has 2 atom stereocenters. The first-order valence-corrected chi connectivity index (χ1v) is 11.0. The van der Waals surface area contributed by atoms with Crippen LogP contribution < -0.4 is 10.9 Å². The first-order chi connectivity index (χ1) is 12.5. The van der Waals surface area contributed by atoms with E-state index in [1.807, 2.05) is 24.3 Å². The first-order valence-electron chi connectivity index (χ1n) is 8.75. The minimum absolute atomic E-state index is 0.308. The van der Waals surface area contributed by atoms with E-state index in [1.54, 1.807) is 25.2 Å². The fourth-order valence-electron chi connectivity index (χ4n) is 3.22. The number of hydrogen-bond acceptors (Lipinski definition) is 4. The lowest BCUT2D eigenvalue weighted by molar-refractivity contribution is 0.428. The molecule has 2 unspecified atom stereocenters. The summed E-state index contributed by atoms with van der Waals surface area (Å²) < 4.78 is 27.4. The van der Waals surface area contributed by atoms with E-state index in [-0.39, 0.29) is 0 Å². The molecular formula is C19H24BrN3O2S. The summed E-state index contributed by atoms with van der Waals surface area (Å²) in [6.07, 6.45) is 2.73. The fraction of sp³-hybridized carbons (Fsp3) is 0.368. The van der Waals surface area contributed by atoms with Gasteiger partial charge in [0.25, 0.3) is 0 Å². The normalized spacial score (nSPS) is 20.6. The Morgan fingerprint density at radius 3 is 2.50 bits per heavy atom. The van der Waals surface area contributed by atoms with Gasteiger partial charge in [0, 0.05) is 30.1 Å². The molecule has 140 valence electrons. The Kier molecular flexibility index (Phi) is 6.47. The molecule has 2 aromatic rings. The lowest BCUT2D eigenvalue weighted by Crippen LogP contribution is -2.32. The van der Waals surface area contributed by atoms with Crippen LogP contribution in [0.3, 0.4) is 0 Å². The number of rotatable bonds is 7. The maximum Gasteiger partial charge on any atom is 0.243 e. The molecule has 5 nitrogen and oxygen atoms in total. The van der Waals surface area contributed by atoms with Crippen molar-refractivity contribution in [2.24, 2.45) is 0 Å². The molecule has 0 amide bonds. The summed E-state index contributed by atoms with van der Waals surface area (Å²) in [5, 5.41) is 0. The van der Waals surface area contributed by atoms with Gasteiger partial charge in [-0.15, -0.1) is 0 Å². The quantitative estimate of drug-likeness (QED) is 0.695. The Morgan fingerprint density at radius 1 is 1.08 bits per heavy atom. The van der Waals surface area contributed by atoms with Crippen LogP contribution in [-0.2, 0) is 10.0 Å². The molecule has 1 aliphatic rings. The van der Waals surface area contributed by atoms with Crippen molar-refractivity contribution in [2.45, 2.75) is 36.2 Å². The van der Waals surface area contributed by atoms with Crippen LogP contribution in [0.15, 0.2) is 64.0 Å². The van der Waals surface area contributed by atoms with E-state index >= 15 is 0 Å². The third kappa shape index (κ3) is 4.53. The van der Waals surface area contributed by atoms with Crippen LogP contribution in [0, 0.1) is 0 Å². The van der Waals surface area contributed by atoms with Crippen LogP contribution in [-0.4, -0.2) is 32.4 Å². The summed E-state index contributed by atoms with van der Waals surface area (Å²) in [7, 11) is -1.83. The van der Waals surface area contributed by atoms with Gasteiger partial charge in [0.05, 0.1) is 4.90 Å². The summed E-state index contributed by atoms with van der Waals surface area (Å²) >= 11 is 3.33. The highest BCUT2D eigenvalue weighted by molar-refractivity contribution is 9.10. The number of halogens is 1. The molecule has 26 heavy (non-hydrogen) atoms. The van der Waals surface area contributed by atoms with Gasteiger partial charge in [-0.3, -0.25) is 10.9 Å². The topological polar surface area (TPSA) is 61.4 Å². The molecule has 0 bridgehead atoms. The molecule has 2 aromatic carbocycles. The maximum atomic E-state index is 12.7. The van der Waals surface area contributed by atoms with E-state index in [9.17, 15) is 8.42 Å². The molecule has 3 rings (SSSR count). The molecule has 7 heteroatoms. The molecule has 0 saturated carbocycles. The van der Waals surface area contributed by atoms with Crippen LogP contribution in [0.4, 0.5) is 0 Å². The standard InChI is InChI=1S/C19H24BrN3O2S/c1-23(26(24,25)19-12-6-5-11-17(19)20)13-7-10-16-14-18(22-21-16)15-8-3-2-4-9-15/h2-6,8-9,11-12,16,18,21-22H,7,10,13-14H2,1H3. The van der Waals surface area contributed by atoms with Crippen LogP contribution >= 0.6 is 15.9 Å². The average molecular weight is 438 g/mol. The third-order valence-corrected chi connectivity index (χ3v) is 7.60. The number of hydrogen-bond donors (Lipinski definition) is 2. The summed E-state index contributed by atoms with van der Waals surface area (Å²) in [4.78, 5) is 0.312. The van der Waals surface area contributed by atoms with Crippen LogP contribution in [0.2, 0.25) is 0 Å².